The Morgan fingerprint density at radius 3 is 2.60 bits per heavy atom. The Morgan fingerprint density at radius 2 is 2.07 bits per heavy atom. The van der Waals surface area contributed by atoms with Crippen molar-refractivity contribution < 1.29 is 9.90 Å². The maximum Gasteiger partial charge on any atom is 0.307 e. The zero-order valence-corrected chi connectivity index (χ0v) is 9.59. The summed E-state index contributed by atoms with van der Waals surface area (Å²) in [6.07, 6.45) is 1.93. The van der Waals surface area contributed by atoms with Crippen LogP contribution in [0.4, 0.5) is 0 Å². The van der Waals surface area contributed by atoms with Gasteiger partial charge in [0, 0.05) is 16.2 Å². The number of hydrogen-bond acceptors (Lipinski definition) is 2. The van der Waals surface area contributed by atoms with Gasteiger partial charge in [0.25, 0.3) is 0 Å². The lowest BCUT2D eigenvalue weighted by atomic mass is 10.2. The van der Waals surface area contributed by atoms with Gasteiger partial charge in [-0.3, -0.25) is 4.79 Å². The molecule has 0 saturated carbocycles. The lowest BCUT2D eigenvalue weighted by Crippen LogP contribution is -1.99. The average Bonchev–Trinajstić information content (AvgIpc) is 2.20. The fraction of sp³-hybridized carbons (Fsp3) is 0.182. The van der Waals surface area contributed by atoms with Gasteiger partial charge in [-0.1, -0.05) is 29.8 Å². The van der Waals surface area contributed by atoms with Gasteiger partial charge in [-0.2, -0.15) is 0 Å². The van der Waals surface area contributed by atoms with Crippen molar-refractivity contribution in [1.29, 1.82) is 0 Å². The van der Waals surface area contributed by atoms with Crippen LogP contribution in [0.5, 0.6) is 0 Å². The first-order valence-electron chi connectivity index (χ1n) is 4.41. The Kier molecular flexibility index (Phi) is 5.29. The van der Waals surface area contributed by atoms with E-state index in [0.717, 1.165) is 16.2 Å². The van der Waals surface area contributed by atoms with E-state index < -0.39 is 5.97 Å². The summed E-state index contributed by atoms with van der Waals surface area (Å²) in [6, 6.07) is 7.51. The molecule has 0 atom stereocenters. The summed E-state index contributed by atoms with van der Waals surface area (Å²) in [5.74, 6) is 0.0161. The lowest BCUT2D eigenvalue weighted by molar-refractivity contribution is -0.136. The van der Waals surface area contributed by atoms with Crippen molar-refractivity contribution in [2.24, 2.45) is 0 Å². The molecule has 2 nitrogen and oxygen atoms in total. The van der Waals surface area contributed by atoms with Crippen LogP contribution in [0.2, 0.25) is 0 Å². The van der Waals surface area contributed by atoms with Crippen molar-refractivity contribution in [3.05, 3.63) is 41.4 Å². The molecule has 0 radical (unpaired) electrons. The van der Waals surface area contributed by atoms with E-state index in [1.54, 1.807) is 11.8 Å². The number of carbonyl (C=O) groups is 1. The van der Waals surface area contributed by atoms with E-state index in [9.17, 15) is 4.79 Å². The fourth-order valence-electron chi connectivity index (χ4n) is 1.06. The molecule has 4 heteroatoms. The molecule has 0 spiro atoms. The van der Waals surface area contributed by atoms with Crippen LogP contribution >= 0.6 is 23.4 Å². The smallest absolute Gasteiger partial charge is 0.307 e. The minimum absolute atomic E-state index is 0.0759. The lowest BCUT2D eigenvalue weighted by Gasteiger charge is -2.00. The minimum Gasteiger partial charge on any atom is -0.481 e. The SMILES string of the molecule is O=C(O)Cc1ccc(SCC=CCl)cc1. The van der Waals surface area contributed by atoms with Gasteiger partial charge in [0.1, 0.15) is 0 Å². The standard InChI is InChI=1S/C11H11ClO2S/c12-6-1-7-15-10-4-2-9(3-5-10)8-11(13)14/h1-6H,7-8H2,(H,13,14). The third-order valence-electron chi connectivity index (χ3n) is 1.71. The van der Waals surface area contributed by atoms with E-state index in [2.05, 4.69) is 0 Å². The molecule has 80 valence electrons. The minimum atomic E-state index is -0.805. The molecule has 0 bridgehead atoms. The Morgan fingerprint density at radius 1 is 1.40 bits per heavy atom. The third-order valence-corrected chi connectivity index (χ3v) is 2.86. The van der Waals surface area contributed by atoms with E-state index >= 15 is 0 Å². The molecule has 0 heterocycles. The summed E-state index contributed by atoms with van der Waals surface area (Å²) in [7, 11) is 0. The zero-order chi connectivity index (χ0) is 11.1. The number of halogens is 1. The van der Waals surface area contributed by atoms with Crippen LogP contribution in [0, 0.1) is 0 Å². The topological polar surface area (TPSA) is 37.3 Å². The third kappa shape index (κ3) is 4.91. The highest BCUT2D eigenvalue weighted by atomic mass is 35.5. The first-order valence-corrected chi connectivity index (χ1v) is 5.83. The quantitative estimate of drug-likeness (QED) is 0.806. The highest BCUT2D eigenvalue weighted by molar-refractivity contribution is 7.99. The van der Waals surface area contributed by atoms with Gasteiger partial charge in [-0.15, -0.1) is 11.8 Å². The molecular weight excluding hydrogens is 232 g/mol. The predicted octanol–water partition coefficient (Wildman–Crippen LogP) is 3.16. The van der Waals surface area contributed by atoms with Gasteiger partial charge in [-0.25, -0.2) is 0 Å². The van der Waals surface area contributed by atoms with Gasteiger partial charge in [0.2, 0.25) is 0 Å². The Balaban J connectivity index is 2.52. The fourth-order valence-corrected chi connectivity index (χ4v) is 1.97. The first-order chi connectivity index (χ1) is 7.22. The summed E-state index contributed by atoms with van der Waals surface area (Å²) in [5.41, 5.74) is 2.31. The van der Waals surface area contributed by atoms with Crippen molar-refractivity contribution in [2.75, 3.05) is 5.75 Å². The van der Waals surface area contributed by atoms with E-state index in [0.29, 0.717) is 0 Å². The molecule has 1 N–H and O–H groups in total. The number of carboxylic acids is 1. The van der Waals surface area contributed by atoms with E-state index in [-0.39, 0.29) is 6.42 Å². The summed E-state index contributed by atoms with van der Waals surface area (Å²) in [5, 5.41) is 8.58. The number of carboxylic acid groups (broad SMARTS) is 1. The number of hydrogen-bond donors (Lipinski definition) is 1. The number of rotatable bonds is 5. The van der Waals surface area contributed by atoms with Crippen LogP contribution in [0.3, 0.4) is 0 Å². The molecular formula is C11H11ClO2S. The van der Waals surface area contributed by atoms with Crippen molar-refractivity contribution in [3.63, 3.8) is 0 Å². The Hall–Kier alpha value is -0.930. The molecule has 1 rings (SSSR count). The molecule has 1 aromatic carbocycles. The second-order valence-electron chi connectivity index (χ2n) is 2.89. The van der Waals surface area contributed by atoms with Crippen LogP contribution in [-0.2, 0) is 11.2 Å². The van der Waals surface area contributed by atoms with Gasteiger partial charge < -0.3 is 5.11 Å². The second-order valence-corrected chi connectivity index (χ2v) is 4.23. The van der Waals surface area contributed by atoms with Crippen LogP contribution in [0.25, 0.3) is 0 Å². The van der Waals surface area contributed by atoms with Crippen LogP contribution < -0.4 is 0 Å². The van der Waals surface area contributed by atoms with Crippen LogP contribution in [-0.4, -0.2) is 16.8 Å². The molecule has 0 aromatic heterocycles. The molecule has 15 heavy (non-hydrogen) atoms. The summed E-state index contributed by atoms with van der Waals surface area (Å²) >= 11 is 7.05. The van der Waals surface area contributed by atoms with E-state index in [1.807, 2.05) is 30.3 Å². The largest absolute Gasteiger partial charge is 0.481 e. The normalized spacial score (nSPS) is 10.7. The molecule has 0 aliphatic carbocycles. The number of thioether (sulfide) groups is 1. The highest BCUT2D eigenvalue weighted by Gasteiger charge is 1.99. The zero-order valence-electron chi connectivity index (χ0n) is 8.02. The molecule has 0 aliphatic rings. The van der Waals surface area contributed by atoms with Crippen molar-refractivity contribution >= 4 is 29.3 Å². The molecule has 0 unspecified atom stereocenters. The maximum atomic E-state index is 10.4. The number of aliphatic carboxylic acids is 1. The van der Waals surface area contributed by atoms with E-state index in [4.69, 9.17) is 16.7 Å². The Labute approximate surface area is 97.9 Å². The average molecular weight is 243 g/mol. The first kappa shape index (κ1) is 12.1. The van der Waals surface area contributed by atoms with Gasteiger partial charge in [0.05, 0.1) is 6.42 Å². The molecule has 0 fully saturated rings. The van der Waals surface area contributed by atoms with Crippen molar-refractivity contribution in [1.82, 2.24) is 0 Å². The monoisotopic (exact) mass is 242 g/mol. The van der Waals surface area contributed by atoms with Crippen LogP contribution in [0.1, 0.15) is 5.56 Å². The van der Waals surface area contributed by atoms with E-state index in [1.165, 1.54) is 5.54 Å². The van der Waals surface area contributed by atoms with Crippen LogP contribution in [0.15, 0.2) is 40.8 Å². The highest BCUT2D eigenvalue weighted by Crippen LogP contribution is 2.18. The maximum absolute atomic E-state index is 10.4. The molecule has 0 saturated heterocycles. The van der Waals surface area contributed by atoms with Gasteiger partial charge >= 0.3 is 5.97 Å². The molecule has 0 amide bonds. The second kappa shape index (κ2) is 6.53. The predicted molar refractivity (Wildman–Crippen MR) is 63.5 cm³/mol. The number of benzene rings is 1. The Bertz CT molecular complexity index is 346. The van der Waals surface area contributed by atoms with Gasteiger partial charge in [-0.05, 0) is 17.7 Å². The summed E-state index contributed by atoms with van der Waals surface area (Å²) in [4.78, 5) is 11.5. The van der Waals surface area contributed by atoms with Gasteiger partial charge in [0.15, 0.2) is 0 Å². The van der Waals surface area contributed by atoms with Crippen molar-refractivity contribution in [2.45, 2.75) is 11.3 Å². The summed E-state index contributed by atoms with van der Waals surface area (Å²) in [6.45, 7) is 0. The molecule has 0 aliphatic heterocycles. The van der Waals surface area contributed by atoms with Crippen molar-refractivity contribution in [3.8, 4) is 0 Å². The molecule has 1 aromatic rings. The summed E-state index contributed by atoms with van der Waals surface area (Å²) < 4.78 is 0.